The Morgan fingerprint density at radius 3 is 2.65 bits per heavy atom. The molecule has 1 unspecified atom stereocenters. The van der Waals surface area contributed by atoms with Gasteiger partial charge >= 0.3 is 0 Å². The number of carbonyl (C=O) groups is 1. The topological polar surface area (TPSA) is 60.9 Å². The quantitative estimate of drug-likeness (QED) is 0.756. The molecule has 1 rings (SSSR count). The van der Waals surface area contributed by atoms with Crippen LogP contribution in [0.5, 0.6) is 0 Å². The highest BCUT2D eigenvalue weighted by Crippen LogP contribution is 2.21. The molecule has 0 amide bonds. The summed E-state index contributed by atoms with van der Waals surface area (Å²) in [5, 5.41) is 4.38. The molecule has 1 heterocycles. The molecule has 4 nitrogen and oxygen atoms in total. The Hall–Kier alpha value is -1.16. The van der Waals surface area contributed by atoms with Crippen LogP contribution < -0.4 is 5.73 Å². The van der Waals surface area contributed by atoms with E-state index >= 15 is 0 Å². The average Bonchev–Trinajstić information content (AvgIpc) is 2.74. The van der Waals surface area contributed by atoms with Crippen molar-refractivity contribution in [2.24, 2.45) is 17.6 Å². The summed E-state index contributed by atoms with van der Waals surface area (Å²) in [5.41, 5.74) is 7.66. The van der Waals surface area contributed by atoms with Crippen molar-refractivity contribution in [1.29, 1.82) is 0 Å². The minimum absolute atomic E-state index is 0.308. The fourth-order valence-corrected chi connectivity index (χ4v) is 2.68. The van der Waals surface area contributed by atoms with Crippen molar-refractivity contribution in [3.05, 3.63) is 17.5 Å². The predicted molar refractivity (Wildman–Crippen MR) is 82.6 cm³/mol. The maximum atomic E-state index is 12.1. The van der Waals surface area contributed by atoms with E-state index in [1.165, 1.54) is 0 Å². The second-order valence-electron chi connectivity index (χ2n) is 5.93. The molecule has 0 spiro atoms. The fourth-order valence-electron chi connectivity index (χ4n) is 2.68. The monoisotopic (exact) mass is 279 g/mol. The normalized spacial score (nSPS) is 12.9. The summed E-state index contributed by atoms with van der Waals surface area (Å²) in [6.07, 6.45) is 3.11. The van der Waals surface area contributed by atoms with Gasteiger partial charge in [-0.25, -0.2) is 0 Å². The van der Waals surface area contributed by atoms with Crippen molar-refractivity contribution in [3.63, 3.8) is 0 Å². The lowest BCUT2D eigenvalue weighted by Gasteiger charge is -2.19. The molecule has 1 aromatic heterocycles. The van der Waals surface area contributed by atoms with Gasteiger partial charge in [0.15, 0.2) is 0 Å². The molecule has 4 heteroatoms. The molecule has 0 aliphatic carbocycles. The summed E-state index contributed by atoms with van der Waals surface area (Å²) in [7, 11) is 0. The molecule has 1 atom stereocenters. The van der Waals surface area contributed by atoms with Gasteiger partial charge < -0.3 is 5.73 Å². The summed E-state index contributed by atoms with van der Waals surface area (Å²) >= 11 is 0. The second kappa shape index (κ2) is 8.20. The van der Waals surface area contributed by atoms with E-state index in [2.05, 4.69) is 25.9 Å². The highest BCUT2D eigenvalue weighted by molar-refractivity contribution is 5.80. The SMILES string of the molecule is CCn1nc(C)cc1CC(=O)CCC(CCN)C(C)C. The highest BCUT2D eigenvalue weighted by Gasteiger charge is 2.16. The maximum absolute atomic E-state index is 12.1. The van der Waals surface area contributed by atoms with Crippen LogP contribution >= 0.6 is 0 Å². The highest BCUT2D eigenvalue weighted by atomic mass is 16.1. The Morgan fingerprint density at radius 1 is 1.40 bits per heavy atom. The fraction of sp³-hybridized carbons (Fsp3) is 0.750. The van der Waals surface area contributed by atoms with Crippen molar-refractivity contribution in [3.8, 4) is 0 Å². The Balaban J connectivity index is 2.50. The van der Waals surface area contributed by atoms with Gasteiger partial charge in [0.2, 0.25) is 0 Å². The number of carbonyl (C=O) groups excluding carboxylic acids is 1. The van der Waals surface area contributed by atoms with E-state index in [0.29, 0.717) is 37.0 Å². The summed E-state index contributed by atoms with van der Waals surface area (Å²) in [6.45, 7) is 9.96. The Labute approximate surface area is 122 Å². The first-order valence-corrected chi connectivity index (χ1v) is 7.73. The zero-order chi connectivity index (χ0) is 15.1. The van der Waals surface area contributed by atoms with E-state index in [1.54, 1.807) is 0 Å². The lowest BCUT2D eigenvalue weighted by Crippen LogP contribution is -2.17. The number of ketones is 1. The van der Waals surface area contributed by atoms with Gasteiger partial charge in [-0.15, -0.1) is 0 Å². The summed E-state index contributed by atoms with van der Waals surface area (Å²) in [4.78, 5) is 12.1. The van der Waals surface area contributed by atoms with Crippen LogP contribution in [0, 0.1) is 18.8 Å². The molecule has 0 bridgehead atoms. The van der Waals surface area contributed by atoms with Crippen molar-refractivity contribution in [1.82, 2.24) is 9.78 Å². The van der Waals surface area contributed by atoms with Crippen LogP contribution in [-0.4, -0.2) is 22.1 Å². The molecule has 0 aliphatic rings. The third-order valence-corrected chi connectivity index (χ3v) is 3.94. The van der Waals surface area contributed by atoms with Crippen LogP contribution in [0.3, 0.4) is 0 Å². The summed E-state index contributed by atoms with van der Waals surface area (Å²) in [5.74, 6) is 1.46. The van der Waals surface area contributed by atoms with E-state index in [9.17, 15) is 4.79 Å². The van der Waals surface area contributed by atoms with Crippen LogP contribution in [0.4, 0.5) is 0 Å². The van der Waals surface area contributed by atoms with Gasteiger partial charge in [0, 0.05) is 25.1 Å². The number of hydrogen-bond donors (Lipinski definition) is 1. The lowest BCUT2D eigenvalue weighted by atomic mass is 9.87. The van der Waals surface area contributed by atoms with Gasteiger partial charge in [-0.2, -0.15) is 5.10 Å². The van der Waals surface area contributed by atoms with Crippen molar-refractivity contribution < 1.29 is 4.79 Å². The molecule has 0 saturated heterocycles. The molecule has 20 heavy (non-hydrogen) atoms. The number of aromatic nitrogens is 2. The molecule has 0 fully saturated rings. The molecular weight excluding hydrogens is 250 g/mol. The zero-order valence-electron chi connectivity index (χ0n) is 13.4. The number of hydrogen-bond acceptors (Lipinski definition) is 3. The standard InChI is InChI=1S/C16H29N3O/c1-5-19-15(10-13(4)18-19)11-16(20)7-6-14(8-9-17)12(2)3/h10,12,14H,5-9,11,17H2,1-4H3. The largest absolute Gasteiger partial charge is 0.330 e. The molecule has 0 aromatic carbocycles. The van der Waals surface area contributed by atoms with E-state index in [4.69, 9.17) is 5.73 Å². The van der Waals surface area contributed by atoms with Crippen molar-refractivity contribution in [2.75, 3.05) is 6.54 Å². The molecule has 2 N–H and O–H groups in total. The van der Waals surface area contributed by atoms with Crippen LogP contribution in [0.2, 0.25) is 0 Å². The first-order chi connectivity index (χ1) is 9.47. The van der Waals surface area contributed by atoms with Crippen LogP contribution in [0.25, 0.3) is 0 Å². The Morgan fingerprint density at radius 2 is 2.10 bits per heavy atom. The molecule has 0 saturated carbocycles. The zero-order valence-corrected chi connectivity index (χ0v) is 13.4. The summed E-state index contributed by atoms with van der Waals surface area (Å²) in [6, 6.07) is 2.02. The van der Waals surface area contributed by atoms with Crippen LogP contribution in [-0.2, 0) is 17.8 Å². The van der Waals surface area contributed by atoms with Gasteiger partial charge in [-0.05, 0) is 51.1 Å². The second-order valence-corrected chi connectivity index (χ2v) is 5.93. The Bertz CT molecular complexity index is 423. The van der Waals surface area contributed by atoms with Crippen LogP contribution in [0.15, 0.2) is 6.07 Å². The third kappa shape index (κ3) is 5.08. The first-order valence-electron chi connectivity index (χ1n) is 7.73. The molecule has 0 radical (unpaired) electrons. The molecule has 0 aliphatic heterocycles. The van der Waals surface area contributed by atoms with Gasteiger partial charge in [-0.3, -0.25) is 9.48 Å². The van der Waals surface area contributed by atoms with E-state index < -0.39 is 0 Å². The number of nitrogens with two attached hydrogens (primary N) is 1. The van der Waals surface area contributed by atoms with Gasteiger partial charge in [0.1, 0.15) is 5.78 Å². The van der Waals surface area contributed by atoms with Crippen molar-refractivity contribution in [2.45, 2.75) is 59.9 Å². The number of Topliss-reactive ketones (excluding diaryl/α,β-unsaturated/α-hetero) is 1. The van der Waals surface area contributed by atoms with Gasteiger partial charge in [0.25, 0.3) is 0 Å². The molecule has 114 valence electrons. The van der Waals surface area contributed by atoms with Gasteiger partial charge in [0.05, 0.1) is 5.69 Å². The average molecular weight is 279 g/mol. The maximum Gasteiger partial charge on any atom is 0.138 e. The van der Waals surface area contributed by atoms with Gasteiger partial charge in [-0.1, -0.05) is 13.8 Å². The third-order valence-electron chi connectivity index (χ3n) is 3.94. The number of nitrogens with zero attached hydrogens (tertiary/aromatic N) is 2. The molecular formula is C16H29N3O. The minimum Gasteiger partial charge on any atom is -0.330 e. The van der Waals surface area contributed by atoms with E-state index in [0.717, 1.165) is 30.8 Å². The Kier molecular flexibility index (Phi) is 6.93. The lowest BCUT2D eigenvalue weighted by molar-refractivity contribution is -0.118. The first kappa shape index (κ1) is 16.9. The summed E-state index contributed by atoms with van der Waals surface area (Å²) < 4.78 is 1.92. The minimum atomic E-state index is 0.308. The number of rotatable bonds is 9. The van der Waals surface area contributed by atoms with Crippen LogP contribution in [0.1, 0.15) is 51.4 Å². The smallest absolute Gasteiger partial charge is 0.138 e. The predicted octanol–water partition coefficient (Wildman–Crippen LogP) is 2.72. The number of aryl methyl sites for hydroxylation is 2. The van der Waals surface area contributed by atoms with Crippen molar-refractivity contribution >= 4 is 5.78 Å². The van der Waals surface area contributed by atoms with E-state index in [-0.39, 0.29) is 0 Å². The molecule has 1 aromatic rings. The van der Waals surface area contributed by atoms with E-state index in [1.807, 2.05) is 17.7 Å².